The van der Waals surface area contributed by atoms with E-state index in [4.69, 9.17) is 0 Å². The molecule has 0 fully saturated rings. The number of aryl methyl sites for hydroxylation is 2. The monoisotopic (exact) mass is 382 g/mol. The van der Waals surface area contributed by atoms with Crippen LogP contribution in [0.1, 0.15) is 74.9 Å². The number of benzene rings is 2. The summed E-state index contributed by atoms with van der Waals surface area (Å²) in [4.78, 5) is 0. The van der Waals surface area contributed by atoms with Gasteiger partial charge in [-0.15, -0.1) is 0 Å². The Hall–Kier alpha value is -1.64. The van der Waals surface area contributed by atoms with Crippen molar-refractivity contribution in [1.82, 2.24) is 10.6 Å². The maximum atomic E-state index is 3.49. The number of hydrogen-bond donors (Lipinski definition) is 2. The van der Waals surface area contributed by atoms with Gasteiger partial charge in [-0.05, 0) is 75.9 Å². The fraction of sp³-hybridized carbons (Fsp3) is 0.538. The van der Waals surface area contributed by atoms with Crippen LogP contribution < -0.4 is 10.6 Å². The summed E-state index contributed by atoms with van der Waals surface area (Å²) in [6.07, 6.45) is 2.38. The molecule has 0 unspecified atom stereocenters. The van der Waals surface area contributed by atoms with Gasteiger partial charge in [-0.3, -0.25) is 0 Å². The molecule has 0 saturated carbocycles. The van der Waals surface area contributed by atoms with E-state index in [1.165, 1.54) is 40.7 Å². The maximum Gasteiger partial charge on any atom is 0.0383 e. The molecule has 28 heavy (non-hydrogen) atoms. The van der Waals surface area contributed by atoms with Crippen LogP contribution in [0.4, 0.5) is 0 Å². The van der Waals surface area contributed by atoms with Gasteiger partial charge in [0.25, 0.3) is 0 Å². The molecule has 0 amide bonds. The van der Waals surface area contributed by atoms with Gasteiger partial charge in [0.15, 0.2) is 0 Å². The fourth-order valence-electron chi connectivity index (χ4n) is 3.69. The van der Waals surface area contributed by atoms with Crippen molar-refractivity contribution in [3.05, 3.63) is 69.8 Å². The largest absolute Gasteiger partial charge is 0.316 e. The van der Waals surface area contributed by atoms with Gasteiger partial charge in [0.2, 0.25) is 0 Å². The molecule has 0 bridgehead atoms. The van der Waals surface area contributed by atoms with Crippen LogP contribution in [-0.4, -0.2) is 13.1 Å². The average molecular weight is 383 g/mol. The molecule has 2 aliphatic rings. The zero-order chi connectivity index (χ0) is 21.2. The first kappa shape index (κ1) is 24.4. The van der Waals surface area contributed by atoms with Crippen molar-refractivity contribution >= 4 is 0 Å². The second-order valence-electron chi connectivity index (χ2n) is 7.66. The molecule has 156 valence electrons. The third-order valence-electron chi connectivity index (χ3n) is 5.16. The molecule has 2 nitrogen and oxygen atoms in total. The zero-order valence-electron chi connectivity index (χ0n) is 19.5. The van der Waals surface area contributed by atoms with E-state index >= 15 is 0 Å². The van der Waals surface area contributed by atoms with E-state index in [9.17, 15) is 0 Å². The third kappa shape index (κ3) is 6.76. The minimum absolute atomic E-state index is 0.170. The highest BCUT2D eigenvalue weighted by Gasteiger charge is 2.28. The van der Waals surface area contributed by atoms with Gasteiger partial charge in [-0.2, -0.15) is 0 Å². The Labute approximate surface area is 174 Å². The van der Waals surface area contributed by atoms with Crippen LogP contribution in [0.15, 0.2) is 36.4 Å². The van der Waals surface area contributed by atoms with Gasteiger partial charge in [0.1, 0.15) is 0 Å². The molecule has 2 aromatic carbocycles. The Balaban J connectivity index is 0.000000238. The summed E-state index contributed by atoms with van der Waals surface area (Å²) >= 11 is 0. The Morgan fingerprint density at radius 3 is 1.89 bits per heavy atom. The molecule has 2 aromatic rings. The number of hydrogen-bond acceptors (Lipinski definition) is 2. The molecule has 2 N–H and O–H groups in total. The minimum atomic E-state index is 0.170. The second kappa shape index (κ2) is 12.0. The molecular formula is C26H42N2. The van der Waals surface area contributed by atoms with Crippen LogP contribution >= 0.6 is 0 Å². The van der Waals surface area contributed by atoms with Crippen molar-refractivity contribution in [1.29, 1.82) is 0 Å². The molecule has 2 heterocycles. The summed E-state index contributed by atoms with van der Waals surface area (Å²) in [6.45, 7) is 20.1. The normalized spacial score (nSPS) is 15.9. The third-order valence-corrected chi connectivity index (χ3v) is 5.16. The van der Waals surface area contributed by atoms with Crippen molar-refractivity contribution in [2.75, 3.05) is 13.1 Å². The fourth-order valence-corrected chi connectivity index (χ4v) is 3.69. The highest BCUT2D eigenvalue weighted by atomic mass is 15.0. The standard InChI is InChI=1S/2C11H15N.2C2H6/c1-8-4-5-10-9(6-8)7-12-11(10,2)3;1-9-2-3-10-4-6-12-7-5-11(10)8-9;2*1-2/h4-6,12H,7H2,1-3H3;2-3,8,12H,4-7H2,1H3;2*1-2H3. The SMILES string of the molecule is CC.CC.Cc1ccc2c(c1)CCNCC2.Cc1ccc2c(c1)CNC2(C)C. The lowest BCUT2D eigenvalue weighted by Gasteiger charge is -2.19. The predicted molar refractivity (Wildman–Crippen MR) is 125 cm³/mol. The van der Waals surface area contributed by atoms with Gasteiger partial charge >= 0.3 is 0 Å². The summed E-state index contributed by atoms with van der Waals surface area (Å²) in [5.41, 5.74) is 8.89. The highest BCUT2D eigenvalue weighted by molar-refractivity contribution is 5.39. The van der Waals surface area contributed by atoms with E-state index in [0.29, 0.717) is 0 Å². The van der Waals surface area contributed by atoms with Crippen LogP contribution in [0.25, 0.3) is 0 Å². The molecule has 0 aromatic heterocycles. The first-order valence-corrected chi connectivity index (χ1v) is 11.1. The minimum Gasteiger partial charge on any atom is -0.316 e. The molecule has 0 radical (unpaired) electrons. The van der Waals surface area contributed by atoms with Crippen molar-refractivity contribution in [2.24, 2.45) is 0 Å². The quantitative estimate of drug-likeness (QED) is 0.578. The summed E-state index contributed by atoms with van der Waals surface area (Å²) in [7, 11) is 0. The number of fused-ring (bicyclic) bond motifs is 2. The molecule has 0 saturated heterocycles. The Bertz CT molecular complexity index is 716. The van der Waals surface area contributed by atoms with Gasteiger partial charge in [0.05, 0.1) is 0 Å². The highest BCUT2D eigenvalue weighted by Crippen LogP contribution is 2.30. The molecule has 0 atom stereocenters. The van der Waals surface area contributed by atoms with Crippen molar-refractivity contribution in [3.8, 4) is 0 Å². The second-order valence-corrected chi connectivity index (χ2v) is 7.66. The molecule has 2 heteroatoms. The van der Waals surface area contributed by atoms with E-state index in [1.807, 2.05) is 27.7 Å². The van der Waals surface area contributed by atoms with Gasteiger partial charge in [-0.25, -0.2) is 0 Å². The van der Waals surface area contributed by atoms with Gasteiger partial charge in [0, 0.05) is 12.1 Å². The van der Waals surface area contributed by atoms with Crippen LogP contribution in [-0.2, 0) is 24.9 Å². The molecule has 4 rings (SSSR count). The smallest absolute Gasteiger partial charge is 0.0383 e. The summed E-state index contributed by atoms with van der Waals surface area (Å²) in [5.74, 6) is 0. The lowest BCUT2D eigenvalue weighted by atomic mass is 9.94. The predicted octanol–water partition coefficient (Wildman–Crippen LogP) is 6.07. The van der Waals surface area contributed by atoms with Crippen LogP contribution in [0.5, 0.6) is 0 Å². The Morgan fingerprint density at radius 2 is 1.25 bits per heavy atom. The summed E-state index contributed by atoms with van der Waals surface area (Å²) in [6, 6.07) is 13.5. The zero-order valence-corrected chi connectivity index (χ0v) is 19.5. The van der Waals surface area contributed by atoms with Crippen LogP contribution in [0.3, 0.4) is 0 Å². The van der Waals surface area contributed by atoms with Crippen molar-refractivity contribution < 1.29 is 0 Å². The van der Waals surface area contributed by atoms with Crippen molar-refractivity contribution in [2.45, 2.75) is 80.3 Å². The van der Waals surface area contributed by atoms with E-state index in [0.717, 1.165) is 19.6 Å². The van der Waals surface area contributed by atoms with E-state index in [1.54, 1.807) is 5.56 Å². The van der Waals surface area contributed by atoms with Gasteiger partial charge < -0.3 is 10.6 Å². The molecular weight excluding hydrogens is 340 g/mol. The first-order chi connectivity index (χ1) is 13.5. The van der Waals surface area contributed by atoms with Crippen LogP contribution in [0, 0.1) is 13.8 Å². The van der Waals surface area contributed by atoms with Crippen molar-refractivity contribution in [3.63, 3.8) is 0 Å². The topological polar surface area (TPSA) is 24.1 Å². The summed E-state index contributed by atoms with van der Waals surface area (Å²) < 4.78 is 0. The number of nitrogens with one attached hydrogen (secondary N) is 2. The maximum absolute atomic E-state index is 3.49. The Morgan fingerprint density at radius 1 is 0.714 bits per heavy atom. The Kier molecular flexibility index (Phi) is 10.5. The lowest BCUT2D eigenvalue weighted by Crippen LogP contribution is -2.28. The number of rotatable bonds is 0. The average Bonchev–Trinajstić information content (AvgIpc) is 2.87. The van der Waals surface area contributed by atoms with E-state index in [-0.39, 0.29) is 5.54 Å². The molecule has 0 aliphatic carbocycles. The summed E-state index contributed by atoms with van der Waals surface area (Å²) in [5, 5.41) is 6.90. The first-order valence-electron chi connectivity index (χ1n) is 11.1. The lowest BCUT2D eigenvalue weighted by molar-refractivity contribution is 0.442. The van der Waals surface area contributed by atoms with E-state index in [2.05, 4.69) is 74.7 Å². The van der Waals surface area contributed by atoms with E-state index < -0.39 is 0 Å². The van der Waals surface area contributed by atoms with Gasteiger partial charge in [-0.1, -0.05) is 75.2 Å². The molecule has 0 spiro atoms. The molecule has 2 aliphatic heterocycles. The van der Waals surface area contributed by atoms with Crippen LogP contribution in [0.2, 0.25) is 0 Å².